The first kappa shape index (κ1) is 15.5. The van der Waals surface area contributed by atoms with Crippen LogP contribution in [0.25, 0.3) is 0 Å². The van der Waals surface area contributed by atoms with Gasteiger partial charge in [-0.3, -0.25) is 4.79 Å². The lowest BCUT2D eigenvalue weighted by Gasteiger charge is -2.19. The molecular weight excluding hydrogens is 293 g/mol. The zero-order valence-corrected chi connectivity index (χ0v) is 12.7. The number of anilines is 1. The Morgan fingerprint density at radius 3 is 2.28 bits per heavy atom. The molecule has 0 fully saturated rings. The number of hydrogen-bond donors (Lipinski definition) is 1. The van der Waals surface area contributed by atoms with E-state index in [-0.39, 0.29) is 11.7 Å². The first-order chi connectivity index (χ1) is 8.19. The molecule has 6 heteroatoms. The number of nitrogen functional groups attached to an aromatic ring is 1. The molecule has 0 aliphatic heterocycles. The average Bonchev–Trinajstić information content (AvgIpc) is 2.12. The van der Waals surface area contributed by atoms with Gasteiger partial charge in [-0.25, -0.2) is 0 Å². The Morgan fingerprint density at radius 1 is 1.33 bits per heavy atom. The van der Waals surface area contributed by atoms with Crippen molar-refractivity contribution in [3.05, 3.63) is 22.2 Å². The van der Waals surface area contributed by atoms with Crippen molar-refractivity contribution in [2.45, 2.75) is 31.3 Å². The second kappa shape index (κ2) is 6.04. The monoisotopic (exact) mass is 307 g/mol. The molecule has 2 N–H and O–H groups in total. The van der Waals surface area contributed by atoms with Gasteiger partial charge in [0.05, 0.1) is 15.8 Å². The van der Waals surface area contributed by atoms with Crippen molar-refractivity contribution in [3.8, 4) is 0 Å². The van der Waals surface area contributed by atoms with E-state index in [9.17, 15) is 4.79 Å². The number of carbonyl (C=O) groups excluding carboxylic acids is 1. The van der Waals surface area contributed by atoms with Gasteiger partial charge in [-0.1, -0.05) is 23.2 Å². The van der Waals surface area contributed by atoms with Crippen LogP contribution in [0.4, 0.5) is 5.69 Å². The van der Waals surface area contributed by atoms with Crippen LogP contribution in [-0.2, 0) is 9.53 Å². The van der Waals surface area contributed by atoms with E-state index in [2.05, 4.69) is 0 Å². The highest BCUT2D eigenvalue weighted by Crippen LogP contribution is 2.36. The second-order valence-electron chi connectivity index (χ2n) is 4.69. The molecule has 0 unspecified atom stereocenters. The standard InChI is InChI=1S/C12H15Cl2NO2S/c1-12(2,3)17-10(16)6-18-11-8(13)4-7(15)5-9(11)14/h4-5H,6,15H2,1-3H3. The van der Waals surface area contributed by atoms with E-state index < -0.39 is 5.60 Å². The molecule has 0 heterocycles. The molecule has 0 aliphatic rings. The predicted molar refractivity (Wildman–Crippen MR) is 77.4 cm³/mol. The third-order valence-electron chi connectivity index (χ3n) is 1.77. The average molecular weight is 308 g/mol. The molecule has 18 heavy (non-hydrogen) atoms. The number of hydrogen-bond acceptors (Lipinski definition) is 4. The number of rotatable bonds is 3. The van der Waals surface area contributed by atoms with Crippen molar-refractivity contribution >= 4 is 46.6 Å². The van der Waals surface area contributed by atoms with Gasteiger partial charge in [-0.2, -0.15) is 0 Å². The molecule has 0 bridgehead atoms. The SMILES string of the molecule is CC(C)(C)OC(=O)CSc1c(Cl)cc(N)cc1Cl. The topological polar surface area (TPSA) is 52.3 Å². The van der Waals surface area contributed by atoms with Crippen LogP contribution >= 0.6 is 35.0 Å². The predicted octanol–water partition coefficient (Wildman–Crippen LogP) is 4.01. The van der Waals surface area contributed by atoms with Gasteiger partial charge in [0.2, 0.25) is 0 Å². The number of carbonyl (C=O) groups is 1. The molecule has 1 rings (SSSR count). The summed E-state index contributed by atoms with van der Waals surface area (Å²) in [6, 6.07) is 3.20. The maximum absolute atomic E-state index is 11.6. The van der Waals surface area contributed by atoms with Crippen molar-refractivity contribution in [1.29, 1.82) is 0 Å². The van der Waals surface area contributed by atoms with Gasteiger partial charge in [0.15, 0.2) is 0 Å². The van der Waals surface area contributed by atoms with E-state index in [4.69, 9.17) is 33.7 Å². The fourth-order valence-electron chi connectivity index (χ4n) is 1.22. The molecular formula is C12H15Cl2NO2S. The number of nitrogens with two attached hydrogens (primary N) is 1. The Morgan fingerprint density at radius 2 is 1.83 bits per heavy atom. The van der Waals surface area contributed by atoms with E-state index in [0.29, 0.717) is 20.6 Å². The van der Waals surface area contributed by atoms with Crippen LogP contribution in [-0.4, -0.2) is 17.3 Å². The van der Waals surface area contributed by atoms with Crippen molar-refractivity contribution in [2.24, 2.45) is 0 Å². The third-order valence-corrected chi connectivity index (χ3v) is 3.70. The Balaban J connectivity index is 2.67. The summed E-state index contributed by atoms with van der Waals surface area (Å²) in [5.41, 5.74) is 5.60. The van der Waals surface area contributed by atoms with E-state index in [0.717, 1.165) is 0 Å². The molecule has 1 aromatic carbocycles. The minimum Gasteiger partial charge on any atom is -0.459 e. The summed E-state index contributed by atoms with van der Waals surface area (Å²) in [6.07, 6.45) is 0. The minimum atomic E-state index is -0.494. The molecule has 0 spiro atoms. The van der Waals surface area contributed by atoms with E-state index in [1.165, 1.54) is 11.8 Å². The van der Waals surface area contributed by atoms with Crippen LogP contribution in [0.1, 0.15) is 20.8 Å². The molecule has 0 radical (unpaired) electrons. The van der Waals surface area contributed by atoms with Crippen LogP contribution in [0.15, 0.2) is 17.0 Å². The minimum absolute atomic E-state index is 0.153. The molecule has 1 aromatic rings. The zero-order chi connectivity index (χ0) is 13.9. The van der Waals surface area contributed by atoms with Crippen LogP contribution in [0, 0.1) is 0 Å². The van der Waals surface area contributed by atoms with Crippen LogP contribution < -0.4 is 5.73 Å². The maximum Gasteiger partial charge on any atom is 0.316 e. The lowest BCUT2D eigenvalue weighted by atomic mass is 10.2. The number of ether oxygens (including phenoxy) is 1. The first-order valence-electron chi connectivity index (χ1n) is 5.28. The number of benzene rings is 1. The lowest BCUT2D eigenvalue weighted by Crippen LogP contribution is -2.24. The lowest BCUT2D eigenvalue weighted by molar-refractivity contribution is -0.151. The molecule has 0 saturated carbocycles. The highest BCUT2D eigenvalue weighted by molar-refractivity contribution is 8.00. The van der Waals surface area contributed by atoms with Gasteiger partial charge in [0.1, 0.15) is 5.60 Å². The summed E-state index contributed by atoms with van der Waals surface area (Å²) in [7, 11) is 0. The van der Waals surface area contributed by atoms with Gasteiger partial charge < -0.3 is 10.5 Å². The Kier molecular flexibility index (Phi) is 5.20. The van der Waals surface area contributed by atoms with Crippen LogP contribution in [0.5, 0.6) is 0 Å². The number of esters is 1. The smallest absolute Gasteiger partial charge is 0.316 e. The molecule has 3 nitrogen and oxygen atoms in total. The van der Waals surface area contributed by atoms with Gasteiger partial charge >= 0.3 is 5.97 Å². The summed E-state index contributed by atoms with van der Waals surface area (Å²) >= 11 is 13.3. The third kappa shape index (κ3) is 4.96. The molecule has 0 atom stereocenters. The second-order valence-corrected chi connectivity index (χ2v) is 6.49. The molecule has 100 valence electrons. The number of halogens is 2. The normalized spacial score (nSPS) is 11.4. The van der Waals surface area contributed by atoms with Crippen molar-refractivity contribution in [2.75, 3.05) is 11.5 Å². The highest BCUT2D eigenvalue weighted by Gasteiger charge is 2.17. The maximum atomic E-state index is 11.6. The van der Waals surface area contributed by atoms with Crippen LogP contribution in [0.3, 0.4) is 0 Å². The van der Waals surface area contributed by atoms with Crippen molar-refractivity contribution in [1.82, 2.24) is 0 Å². The van der Waals surface area contributed by atoms with Gasteiger partial charge in [-0.05, 0) is 32.9 Å². The van der Waals surface area contributed by atoms with Gasteiger partial charge in [0.25, 0.3) is 0 Å². The fourth-order valence-corrected chi connectivity index (χ4v) is 2.77. The van der Waals surface area contributed by atoms with Crippen LogP contribution in [0.2, 0.25) is 10.0 Å². The van der Waals surface area contributed by atoms with Gasteiger partial charge in [0, 0.05) is 10.6 Å². The van der Waals surface area contributed by atoms with E-state index in [1.54, 1.807) is 12.1 Å². The quantitative estimate of drug-likeness (QED) is 0.521. The molecule has 0 amide bonds. The molecule has 0 aliphatic carbocycles. The summed E-state index contributed by atoms with van der Waals surface area (Å²) in [5, 5.41) is 0.877. The van der Waals surface area contributed by atoms with E-state index in [1.807, 2.05) is 20.8 Å². The van der Waals surface area contributed by atoms with E-state index >= 15 is 0 Å². The zero-order valence-electron chi connectivity index (χ0n) is 10.4. The highest BCUT2D eigenvalue weighted by atomic mass is 35.5. The summed E-state index contributed by atoms with van der Waals surface area (Å²) in [4.78, 5) is 12.2. The van der Waals surface area contributed by atoms with Crippen molar-refractivity contribution < 1.29 is 9.53 Å². The molecule has 0 saturated heterocycles. The summed E-state index contributed by atoms with van der Waals surface area (Å²) in [5.74, 6) is -0.155. The first-order valence-corrected chi connectivity index (χ1v) is 7.02. The van der Waals surface area contributed by atoms with Crippen molar-refractivity contribution in [3.63, 3.8) is 0 Å². The fraction of sp³-hybridized carbons (Fsp3) is 0.417. The summed E-state index contributed by atoms with van der Waals surface area (Å²) in [6.45, 7) is 5.45. The Labute approximate surface area is 121 Å². The Bertz CT molecular complexity index is 435. The molecule has 0 aromatic heterocycles. The number of thioether (sulfide) groups is 1. The largest absolute Gasteiger partial charge is 0.459 e. The van der Waals surface area contributed by atoms with Gasteiger partial charge in [-0.15, -0.1) is 11.8 Å². The Hall–Kier alpha value is -0.580. The summed E-state index contributed by atoms with van der Waals surface area (Å²) < 4.78 is 5.19.